The SMILES string of the molecule is O=S(=O)(c1ccc(Cl)cc1)c1nc(-c2ccccc2)[nH]c1[S+]([O-])CC1CC1. The van der Waals surface area contributed by atoms with Crippen molar-refractivity contribution in [3.05, 3.63) is 59.6 Å². The van der Waals surface area contributed by atoms with Gasteiger partial charge in [0, 0.05) is 27.7 Å². The maximum atomic E-state index is 13.2. The van der Waals surface area contributed by atoms with Crippen LogP contribution in [-0.4, -0.2) is 28.7 Å². The summed E-state index contributed by atoms with van der Waals surface area (Å²) in [5.41, 5.74) is 0.736. The average Bonchev–Trinajstić information content (AvgIpc) is 3.35. The minimum Gasteiger partial charge on any atom is -0.610 e. The lowest BCUT2D eigenvalue weighted by atomic mass is 10.2. The number of hydrogen-bond donors (Lipinski definition) is 1. The summed E-state index contributed by atoms with van der Waals surface area (Å²) in [5, 5.41) is 0.428. The van der Waals surface area contributed by atoms with E-state index in [2.05, 4.69) is 9.97 Å². The zero-order valence-corrected chi connectivity index (χ0v) is 16.7. The van der Waals surface area contributed by atoms with Crippen molar-refractivity contribution in [2.24, 2.45) is 5.92 Å². The number of aromatic nitrogens is 2. The van der Waals surface area contributed by atoms with E-state index in [0.717, 1.165) is 18.4 Å². The molecule has 5 nitrogen and oxygen atoms in total. The number of H-pyrrole nitrogens is 1. The summed E-state index contributed by atoms with van der Waals surface area (Å²) in [5.74, 6) is 1.22. The third-order valence-corrected chi connectivity index (χ3v) is 7.98. The van der Waals surface area contributed by atoms with Gasteiger partial charge in [0.15, 0.2) is 0 Å². The van der Waals surface area contributed by atoms with Crippen LogP contribution in [0.5, 0.6) is 0 Å². The molecule has 0 saturated heterocycles. The summed E-state index contributed by atoms with van der Waals surface area (Å²) in [4.78, 5) is 7.40. The monoisotopic (exact) mass is 420 g/mol. The van der Waals surface area contributed by atoms with Gasteiger partial charge < -0.3 is 4.55 Å². The van der Waals surface area contributed by atoms with Crippen LogP contribution in [-0.2, 0) is 21.0 Å². The molecule has 1 fully saturated rings. The highest BCUT2D eigenvalue weighted by Crippen LogP contribution is 2.35. The van der Waals surface area contributed by atoms with E-state index in [4.69, 9.17) is 11.6 Å². The van der Waals surface area contributed by atoms with Crippen molar-refractivity contribution >= 4 is 32.6 Å². The van der Waals surface area contributed by atoms with Gasteiger partial charge in [0.2, 0.25) is 14.9 Å². The highest BCUT2D eigenvalue weighted by Gasteiger charge is 2.36. The molecule has 0 radical (unpaired) electrons. The Morgan fingerprint density at radius 1 is 1.11 bits per heavy atom. The summed E-state index contributed by atoms with van der Waals surface area (Å²) in [6, 6.07) is 15.1. The standard InChI is InChI=1S/C19H17ClN2O3S2/c20-15-8-10-16(11-9-15)27(24,25)19-18(26(23)12-13-6-7-13)21-17(22-19)14-4-2-1-3-5-14/h1-5,8-11,13H,6-7,12H2,(H,21,22). The molecule has 1 saturated carbocycles. The fraction of sp³-hybridized carbons (Fsp3) is 0.211. The number of halogens is 1. The summed E-state index contributed by atoms with van der Waals surface area (Å²) < 4.78 is 39.2. The van der Waals surface area contributed by atoms with Gasteiger partial charge in [0.05, 0.1) is 4.90 Å². The Bertz CT molecular complexity index is 1050. The Hall–Kier alpha value is -1.80. The maximum Gasteiger partial charge on any atom is 0.262 e. The van der Waals surface area contributed by atoms with E-state index < -0.39 is 21.0 Å². The number of aromatic amines is 1. The smallest absolute Gasteiger partial charge is 0.262 e. The fourth-order valence-electron chi connectivity index (χ4n) is 2.72. The first-order valence-electron chi connectivity index (χ1n) is 8.49. The second-order valence-corrected chi connectivity index (χ2v) is 10.2. The number of rotatable bonds is 6. The third-order valence-electron chi connectivity index (χ3n) is 4.38. The molecular weight excluding hydrogens is 404 g/mol. The summed E-state index contributed by atoms with van der Waals surface area (Å²) >= 11 is 4.41. The van der Waals surface area contributed by atoms with Crippen LogP contribution in [0.25, 0.3) is 11.4 Å². The lowest BCUT2D eigenvalue weighted by Gasteiger charge is -2.09. The fourth-order valence-corrected chi connectivity index (χ4v) is 6.05. The first-order valence-corrected chi connectivity index (χ1v) is 11.7. The summed E-state index contributed by atoms with van der Waals surface area (Å²) in [6.07, 6.45) is 2.06. The molecule has 1 atom stereocenters. The van der Waals surface area contributed by atoms with Crippen molar-refractivity contribution in [1.29, 1.82) is 0 Å². The number of nitrogens with one attached hydrogen (secondary N) is 1. The van der Waals surface area contributed by atoms with Crippen LogP contribution in [0.4, 0.5) is 0 Å². The molecule has 0 spiro atoms. The normalized spacial score (nSPS) is 15.6. The third kappa shape index (κ3) is 3.91. The predicted octanol–water partition coefficient (Wildman–Crippen LogP) is 4.08. The van der Waals surface area contributed by atoms with E-state index in [0.29, 0.717) is 22.5 Å². The lowest BCUT2D eigenvalue weighted by Crippen LogP contribution is -2.14. The van der Waals surface area contributed by atoms with E-state index in [1.54, 1.807) is 0 Å². The Labute approximate surface area is 165 Å². The number of sulfone groups is 1. The second-order valence-electron chi connectivity index (χ2n) is 6.50. The van der Waals surface area contributed by atoms with Gasteiger partial charge in [-0.3, -0.25) is 4.98 Å². The molecule has 27 heavy (non-hydrogen) atoms. The van der Waals surface area contributed by atoms with E-state index in [1.807, 2.05) is 30.3 Å². The zero-order chi connectivity index (χ0) is 19.0. The molecule has 0 amide bonds. The minimum atomic E-state index is -3.93. The molecule has 140 valence electrons. The first kappa shape index (κ1) is 18.6. The van der Waals surface area contributed by atoms with Gasteiger partial charge >= 0.3 is 0 Å². The molecular formula is C19H17ClN2O3S2. The Morgan fingerprint density at radius 2 is 1.78 bits per heavy atom. The van der Waals surface area contributed by atoms with Crippen molar-refractivity contribution in [2.45, 2.75) is 27.8 Å². The van der Waals surface area contributed by atoms with E-state index >= 15 is 0 Å². The Morgan fingerprint density at radius 3 is 2.41 bits per heavy atom. The molecule has 1 N–H and O–H groups in total. The maximum absolute atomic E-state index is 13.2. The van der Waals surface area contributed by atoms with Crippen molar-refractivity contribution in [3.8, 4) is 11.4 Å². The second kappa shape index (κ2) is 7.31. The molecule has 2 aromatic carbocycles. The van der Waals surface area contributed by atoms with Gasteiger partial charge in [-0.15, -0.1) is 0 Å². The van der Waals surface area contributed by atoms with E-state index in [9.17, 15) is 13.0 Å². The van der Waals surface area contributed by atoms with Crippen molar-refractivity contribution in [1.82, 2.24) is 9.97 Å². The topological polar surface area (TPSA) is 85.9 Å². The van der Waals surface area contributed by atoms with Crippen molar-refractivity contribution in [3.63, 3.8) is 0 Å². The molecule has 1 heterocycles. The first-order chi connectivity index (χ1) is 12.9. The number of benzene rings is 2. The van der Waals surface area contributed by atoms with Gasteiger partial charge in [-0.25, -0.2) is 13.4 Å². The molecule has 3 aromatic rings. The van der Waals surface area contributed by atoms with Crippen LogP contribution in [0.1, 0.15) is 12.8 Å². The van der Waals surface area contributed by atoms with Crippen molar-refractivity contribution in [2.75, 3.05) is 5.75 Å². The Kier molecular flexibility index (Phi) is 5.03. The minimum absolute atomic E-state index is 0.0719. The van der Waals surface area contributed by atoms with Crippen LogP contribution in [0, 0.1) is 5.92 Å². The van der Waals surface area contributed by atoms with Gasteiger partial charge in [-0.1, -0.05) is 41.9 Å². The number of imidazole rings is 1. The quantitative estimate of drug-likeness (QED) is 0.609. The van der Waals surface area contributed by atoms with Crippen LogP contribution >= 0.6 is 11.6 Å². The van der Waals surface area contributed by atoms with Gasteiger partial charge in [0.25, 0.3) is 5.03 Å². The largest absolute Gasteiger partial charge is 0.610 e. The molecule has 1 aliphatic rings. The lowest BCUT2D eigenvalue weighted by molar-refractivity contribution is 0.575. The van der Waals surface area contributed by atoms with Crippen LogP contribution in [0.3, 0.4) is 0 Å². The molecule has 1 unspecified atom stereocenters. The molecule has 1 aromatic heterocycles. The summed E-state index contributed by atoms with van der Waals surface area (Å²) in [7, 11) is -3.93. The molecule has 0 bridgehead atoms. The van der Waals surface area contributed by atoms with Gasteiger partial charge in [-0.05, 0) is 37.1 Å². The zero-order valence-electron chi connectivity index (χ0n) is 14.3. The Balaban J connectivity index is 1.81. The number of nitrogens with zero attached hydrogens (tertiary/aromatic N) is 1. The molecule has 4 rings (SSSR count). The van der Waals surface area contributed by atoms with Crippen LogP contribution in [0.15, 0.2) is 69.5 Å². The average molecular weight is 421 g/mol. The van der Waals surface area contributed by atoms with E-state index in [1.165, 1.54) is 24.3 Å². The number of hydrogen-bond acceptors (Lipinski definition) is 4. The molecule has 0 aliphatic heterocycles. The van der Waals surface area contributed by atoms with E-state index in [-0.39, 0.29) is 14.9 Å². The van der Waals surface area contributed by atoms with Crippen LogP contribution in [0.2, 0.25) is 5.02 Å². The van der Waals surface area contributed by atoms with Crippen molar-refractivity contribution < 1.29 is 13.0 Å². The van der Waals surface area contributed by atoms with Gasteiger partial charge in [-0.2, -0.15) is 0 Å². The van der Waals surface area contributed by atoms with Crippen LogP contribution < -0.4 is 0 Å². The van der Waals surface area contributed by atoms with Gasteiger partial charge in [0.1, 0.15) is 11.6 Å². The summed E-state index contributed by atoms with van der Waals surface area (Å²) in [6.45, 7) is 0. The molecule has 1 aliphatic carbocycles. The highest BCUT2D eigenvalue weighted by molar-refractivity contribution is 7.94. The highest BCUT2D eigenvalue weighted by atomic mass is 35.5. The predicted molar refractivity (Wildman–Crippen MR) is 105 cm³/mol. The molecule has 8 heteroatoms.